The van der Waals surface area contributed by atoms with Crippen molar-refractivity contribution in [2.75, 3.05) is 32.7 Å². The molecule has 7 nitrogen and oxygen atoms in total. The maximum absolute atomic E-state index is 12.2. The maximum Gasteiger partial charge on any atom is 0.252 e. The number of nitrogens with zero attached hydrogens (tertiary/aromatic N) is 2. The Labute approximate surface area is 121 Å². The molecule has 0 atom stereocenters. The van der Waals surface area contributed by atoms with Crippen molar-refractivity contribution in [2.45, 2.75) is 0 Å². The highest BCUT2D eigenvalue weighted by Gasteiger charge is 2.17. The summed E-state index contributed by atoms with van der Waals surface area (Å²) in [7, 11) is 0. The van der Waals surface area contributed by atoms with E-state index < -0.39 is 0 Å². The number of rotatable bonds is 3. The molecule has 0 unspecified atom stereocenters. The van der Waals surface area contributed by atoms with Gasteiger partial charge in [-0.15, -0.1) is 0 Å². The molecule has 0 saturated carbocycles. The number of aromatic nitrogens is 2. The number of hydrogen-bond donors (Lipinski definition) is 3. The fourth-order valence-corrected chi connectivity index (χ4v) is 2.44. The Balaban J connectivity index is 1.64. The molecule has 3 heterocycles. The molecule has 0 radical (unpaired) electrons. The molecule has 7 heteroatoms. The summed E-state index contributed by atoms with van der Waals surface area (Å²) in [6.07, 6.45) is 3.31. The van der Waals surface area contributed by atoms with E-state index in [4.69, 9.17) is 0 Å². The van der Waals surface area contributed by atoms with Gasteiger partial charge < -0.3 is 20.5 Å². The van der Waals surface area contributed by atoms with E-state index in [1.54, 1.807) is 29.4 Å². The third-order valence-electron chi connectivity index (χ3n) is 3.57. The van der Waals surface area contributed by atoms with E-state index in [2.05, 4.69) is 20.6 Å². The standard InChI is InChI=1S/C14H17N5O2/c20-12(19-7-5-15-6-8-19)9-18-14(21)11-2-4-17-13-10(11)1-3-16-13/h1-4,15H,5-9H2,(H,16,17)(H,18,21). The van der Waals surface area contributed by atoms with E-state index in [1.165, 1.54) is 0 Å². The van der Waals surface area contributed by atoms with Gasteiger partial charge in [-0.05, 0) is 12.1 Å². The predicted octanol–water partition coefficient (Wildman–Crippen LogP) is -0.275. The molecule has 1 fully saturated rings. The summed E-state index contributed by atoms with van der Waals surface area (Å²) in [6.45, 7) is 2.99. The van der Waals surface area contributed by atoms with Gasteiger partial charge in [-0.3, -0.25) is 9.59 Å². The van der Waals surface area contributed by atoms with Crippen molar-refractivity contribution in [3.05, 3.63) is 30.1 Å². The molecule has 2 aromatic heterocycles. The highest BCUT2D eigenvalue weighted by molar-refractivity contribution is 6.06. The highest BCUT2D eigenvalue weighted by Crippen LogP contribution is 2.14. The van der Waals surface area contributed by atoms with Crippen LogP contribution in [0.2, 0.25) is 0 Å². The molecule has 21 heavy (non-hydrogen) atoms. The Morgan fingerprint density at radius 3 is 2.90 bits per heavy atom. The Morgan fingerprint density at radius 2 is 2.10 bits per heavy atom. The molecular weight excluding hydrogens is 270 g/mol. The second-order valence-electron chi connectivity index (χ2n) is 4.91. The van der Waals surface area contributed by atoms with Crippen molar-refractivity contribution in [2.24, 2.45) is 0 Å². The topological polar surface area (TPSA) is 90.1 Å². The van der Waals surface area contributed by atoms with E-state index in [0.29, 0.717) is 24.3 Å². The van der Waals surface area contributed by atoms with Crippen LogP contribution in [0.4, 0.5) is 0 Å². The first-order valence-electron chi connectivity index (χ1n) is 6.94. The summed E-state index contributed by atoms with van der Waals surface area (Å²) in [5.74, 6) is -0.310. The van der Waals surface area contributed by atoms with Crippen LogP contribution in [0, 0.1) is 0 Å². The number of hydrogen-bond acceptors (Lipinski definition) is 4. The van der Waals surface area contributed by atoms with Crippen LogP contribution < -0.4 is 10.6 Å². The third-order valence-corrected chi connectivity index (χ3v) is 3.57. The lowest BCUT2D eigenvalue weighted by Crippen LogP contribution is -2.49. The number of pyridine rings is 1. The zero-order chi connectivity index (χ0) is 14.7. The van der Waals surface area contributed by atoms with Gasteiger partial charge in [-0.25, -0.2) is 4.98 Å². The minimum Gasteiger partial charge on any atom is -0.346 e. The number of H-pyrrole nitrogens is 1. The SMILES string of the molecule is O=C(NCC(=O)N1CCNCC1)c1ccnc2[nH]ccc12. The fourth-order valence-electron chi connectivity index (χ4n) is 2.44. The lowest BCUT2D eigenvalue weighted by Gasteiger charge is -2.27. The van der Waals surface area contributed by atoms with Crippen molar-refractivity contribution in [1.29, 1.82) is 0 Å². The van der Waals surface area contributed by atoms with Crippen LogP contribution in [-0.2, 0) is 4.79 Å². The quantitative estimate of drug-likeness (QED) is 0.724. The average molecular weight is 287 g/mol. The predicted molar refractivity (Wildman–Crippen MR) is 77.9 cm³/mol. The first-order chi connectivity index (χ1) is 10.3. The lowest BCUT2D eigenvalue weighted by molar-refractivity contribution is -0.130. The normalized spacial score (nSPS) is 15.1. The van der Waals surface area contributed by atoms with Gasteiger partial charge >= 0.3 is 0 Å². The van der Waals surface area contributed by atoms with Gasteiger partial charge in [0, 0.05) is 44.0 Å². The first kappa shape index (κ1) is 13.6. The molecule has 110 valence electrons. The summed E-state index contributed by atoms with van der Waals surface area (Å²) in [4.78, 5) is 33.1. The van der Waals surface area contributed by atoms with Gasteiger partial charge in [-0.1, -0.05) is 0 Å². The second kappa shape index (κ2) is 5.92. The zero-order valence-corrected chi connectivity index (χ0v) is 11.6. The van der Waals surface area contributed by atoms with Crippen molar-refractivity contribution < 1.29 is 9.59 Å². The minimum absolute atomic E-state index is 0.0209. The monoisotopic (exact) mass is 287 g/mol. The Kier molecular flexibility index (Phi) is 3.83. The van der Waals surface area contributed by atoms with E-state index in [0.717, 1.165) is 18.5 Å². The van der Waals surface area contributed by atoms with Crippen LogP contribution >= 0.6 is 0 Å². The molecule has 1 aliphatic heterocycles. The Morgan fingerprint density at radius 1 is 1.29 bits per heavy atom. The largest absolute Gasteiger partial charge is 0.346 e. The first-order valence-corrected chi connectivity index (χ1v) is 6.94. The Hall–Kier alpha value is -2.41. The van der Waals surface area contributed by atoms with E-state index in [9.17, 15) is 9.59 Å². The van der Waals surface area contributed by atoms with Crippen molar-refractivity contribution >= 4 is 22.8 Å². The number of carbonyl (C=O) groups excluding carboxylic acids is 2. The summed E-state index contributed by atoms with van der Waals surface area (Å²) in [6, 6.07) is 3.45. The van der Waals surface area contributed by atoms with E-state index in [-0.39, 0.29) is 18.4 Å². The molecule has 2 aromatic rings. The number of amides is 2. The zero-order valence-electron chi connectivity index (χ0n) is 11.6. The summed E-state index contributed by atoms with van der Waals surface area (Å²) in [5, 5.41) is 6.63. The fraction of sp³-hybridized carbons (Fsp3) is 0.357. The van der Waals surface area contributed by atoms with E-state index in [1.807, 2.05) is 0 Å². The number of piperazine rings is 1. The molecule has 2 amide bonds. The molecule has 0 bridgehead atoms. The van der Waals surface area contributed by atoms with Crippen LogP contribution in [0.3, 0.4) is 0 Å². The third kappa shape index (κ3) is 2.87. The average Bonchev–Trinajstić information content (AvgIpc) is 3.01. The van der Waals surface area contributed by atoms with Crippen LogP contribution in [0.1, 0.15) is 10.4 Å². The lowest BCUT2D eigenvalue weighted by atomic mass is 10.2. The number of carbonyl (C=O) groups is 2. The summed E-state index contributed by atoms with van der Waals surface area (Å²) in [5.41, 5.74) is 1.19. The van der Waals surface area contributed by atoms with Crippen molar-refractivity contribution in [1.82, 2.24) is 25.5 Å². The van der Waals surface area contributed by atoms with Gasteiger partial charge in [0.1, 0.15) is 5.65 Å². The van der Waals surface area contributed by atoms with Crippen LogP contribution in [0.25, 0.3) is 11.0 Å². The molecule has 1 saturated heterocycles. The molecular formula is C14H17N5O2. The second-order valence-corrected chi connectivity index (χ2v) is 4.91. The van der Waals surface area contributed by atoms with Crippen LogP contribution in [0.15, 0.2) is 24.5 Å². The summed E-state index contributed by atoms with van der Waals surface area (Å²) >= 11 is 0. The highest BCUT2D eigenvalue weighted by atomic mass is 16.2. The molecule has 3 rings (SSSR count). The molecule has 0 aliphatic carbocycles. The Bertz CT molecular complexity index is 660. The molecule has 3 N–H and O–H groups in total. The minimum atomic E-state index is -0.259. The van der Waals surface area contributed by atoms with Crippen LogP contribution in [-0.4, -0.2) is 59.4 Å². The number of fused-ring (bicyclic) bond motifs is 1. The van der Waals surface area contributed by atoms with E-state index >= 15 is 0 Å². The van der Waals surface area contributed by atoms with Gasteiger partial charge in [0.05, 0.1) is 12.1 Å². The van der Waals surface area contributed by atoms with Gasteiger partial charge in [0.25, 0.3) is 5.91 Å². The van der Waals surface area contributed by atoms with Gasteiger partial charge in [0.15, 0.2) is 0 Å². The molecule has 1 aliphatic rings. The van der Waals surface area contributed by atoms with Gasteiger partial charge in [-0.2, -0.15) is 0 Å². The molecule has 0 spiro atoms. The number of nitrogens with one attached hydrogen (secondary N) is 3. The maximum atomic E-state index is 12.2. The molecule has 0 aromatic carbocycles. The smallest absolute Gasteiger partial charge is 0.252 e. The number of aromatic amines is 1. The van der Waals surface area contributed by atoms with Gasteiger partial charge in [0.2, 0.25) is 5.91 Å². The van der Waals surface area contributed by atoms with Crippen molar-refractivity contribution in [3.8, 4) is 0 Å². The summed E-state index contributed by atoms with van der Waals surface area (Å²) < 4.78 is 0. The van der Waals surface area contributed by atoms with Crippen LogP contribution in [0.5, 0.6) is 0 Å². The van der Waals surface area contributed by atoms with Crippen molar-refractivity contribution in [3.63, 3.8) is 0 Å².